The Kier molecular flexibility index (Phi) is 7.37. The zero-order valence-electron chi connectivity index (χ0n) is 6.69. The van der Waals surface area contributed by atoms with Crippen LogP contribution in [-0.2, 0) is 33.6 Å². The van der Waals surface area contributed by atoms with E-state index in [0.29, 0.717) is 0 Å². The maximum Gasteiger partial charge on any atom is 0.335 e. The topological polar surface area (TPSA) is 74.6 Å². The van der Waals surface area contributed by atoms with Crippen molar-refractivity contribution in [3.05, 3.63) is 35.4 Å². The summed E-state index contributed by atoms with van der Waals surface area (Å²) in [6.07, 6.45) is 0. The van der Waals surface area contributed by atoms with Crippen LogP contribution in [0.2, 0.25) is 0 Å². The zero-order chi connectivity index (χ0) is 9.14. The fourth-order valence-electron chi connectivity index (χ4n) is 0.755. The Hall–Kier alpha value is -0.827. The Bertz CT molecular complexity index is 290. The third-order valence-corrected chi connectivity index (χ3v) is 1.38. The molecule has 0 atom stereocenters. The standard InChI is InChI=1S/C8H6O4.Fe.Ni/c9-7(10)5-1-2-6(4-3-5)8(11)12;;/h1-4H,(H,9,10)(H,11,12);;. The van der Waals surface area contributed by atoms with Crippen molar-refractivity contribution in [3.8, 4) is 0 Å². The van der Waals surface area contributed by atoms with Crippen molar-refractivity contribution in [2.75, 3.05) is 0 Å². The van der Waals surface area contributed by atoms with Gasteiger partial charge in [-0.3, -0.25) is 0 Å². The normalized spacial score (nSPS) is 8.00. The van der Waals surface area contributed by atoms with Crippen LogP contribution < -0.4 is 0 Å². The zero-order valence-corrected chi connectivity index (χ0v) is 8.78. The number of rotatable bonds is 2. The smallest absolute Gasteiger partial charge is 0.335 e. The average Bonchev–Trinajstić information content (AvgIpc) is 2.04. The first-order chi connectivity index (χ1) is 5.61. The van der Waals surface area contributed by atoms with Crippen molar-refractivity contribution in [2.45, 2.75) is 0 Å². The number of carboxylic acid groups (broad SMARTS) is 2. The molecule has 0 unspecified atom stereocenters. The van der Waals surface area contributed by atoms with Crippen molar-refractivity contribution in [2.24, 2.45) is 0 Å². The van der Waals surface area contributed by atoms with E-state index in [1.54, 1.807) is 0 Å². The molecule has 0 bridgehead atoms. The minimum atomic E-state index is -1.06. The van der Waals surface area contributed by atoms with Gasteiger partial charge in [-0.05, 0) is 24.3 Å². The molecule has 0 radical (unpaired) electrons. The second kappa shape index (κ2) is 6.60. The number of aromatic carboxylic acids is 2. The Labute approximate surface area is 101 Å². The predicted molar refractivity (Wildman–Crippen MR) is 40.4 cm³/mol. The molecule has 4 nitrogen and oxygen atoms in total. The van der Waals surface area contributed by atoms with Crippen LogP contribution in [0.5, 0.6) is 0 Å². The van der Waals surface area contributed by atoms with Crippen LogP contribution in [0.3, 0.4) is 0 Å². The quantitative estimate of drug-likeness (QED) is 0.795. The van der Waals surface area contributed by atoms with E-state index in [9.17, 15) is 9.59 Å². The number of carbonyl (C=O) groups is 2. The molecule has 14 heavy (non-hydrogen) atoms. The molecule has 0 saturated heterocycles. The summed E-state index contributed by atoms with van der Waals surface area (Å²) in [5.41, 5.74) is 0.167. The molecule has 1 rings (SSSR count). The molecule has 80 valence electrons. The molecule has 0 aliphatic carbocycles. The molecule has 0 heterocycles. The summed E-state index contributed by atoms with van der Waals surface area (Å²) in [6.45, 7) is 0. The third kappa shape index (κ3) is 3.92. The van der Waals surface area contributed by atoms with Gasteiger partial charge in [-0.25, -0.2) is 9.59 Å². The van der Waals surface area contributed by atoms with Crippen LogP contribution in [0, 0.1) is 0 Å². The summed E-state index contributed by atoms with van der Waals surface area (Å²) >= 11 is 0. The van der Waals surface area contributed by atoms with Gasteiger partial charge in [0.05, 0.1) is 11.1 Å². The fraction of sp³-hybridized carbons (Fsp3) is 0. The molecule has 2 N–H and O–H groups in total. The summed E-state index contributed by atoms with van der Waals surface area (Å²) in [6, 6.07) is 5.02. The Morgan fingerprint density at radius 2 is 1.07 bits per heavy atom. The molecule has 1 aromatic carbocycles. The van der Waals surface area contributed by atoms with Gasteiger partial charge in [0.15, 0.2) is 0 Å². The molecule has 0 aromatic heterocycles. The molecule has 0 aliphatic heterocycles. The fourth-order valence-corrected chi connectivity index (χ4v) is 0.755. The number of benzene rings is 1. The minimum Gasteiger partial charge on any atom is -0.478 e. The summed E-state index contributed by atoms with van der Waals surface area (Å²) < 4.78 is 0. The first-order valence-corrected chi connectivity index (χ1v) is 3.18. The van der Waals surface area contributed by atoms with Crippen molar-refractivity contribution in [3.63, 3.8) is 0 Å². The molecule has 0 spiro atoms. The van der Waals surface area contributed by atoms with Gasteiger partial charge in [-0.1, -0.05) is 0 Å². The van der Waals surface area contributed by atoms with Gasteiger partial charge in [0, 0.05) is 33.6 Å². The van der Waals surface area contributed by atoms with Gasteiger partial charge in [0.1, 0.15) is 0 Å². The SMILES string of the molecule is O=C(O)c1ccc(C(=O)O)cc1.[Fe].[Ni]. The Morgan fingerprint density at radius 1 is 0.857 bits per heavy atom. The minimum absolute atomic E-state index is 0. The summed E-state index contributed by atoms with van der Waals surface area (Å²) in [5.74, 6) is -2.13. The summed E-state index contributed by atoms with van der Waals surface area (Å²) in [7, 11) is 0. The molecule has 0 fully saturated rings. The maximum absolute atomic E-state index is 10.3. The molecular weight excluding hydrogens is 275 g/mol. The number of hydrogen-bond donors (Lipinski definition) is 2. The van der Waals surface area contributed by atoms with Crippen molar-refractivity contribution in [1.29, 1.82) is 0 Å². The van der Waals surface area contributed by atoms with E-state index in [1.165, 1.54) is 24.3 Å². The number of carboxylic acids is 2. The van der Waals surface area contributed by atoms with Gasteiger partial charge in [-0.15, -0.1) is 0 Å². The summed E-state index contributed by atoms with van der Waals surface area (Å²) in [4.78, 5) is 20.7. The Morgan fingerprint density at radius 3 is 1.21 bits per heavy atom. The molecular formula is C8H6FeNiO4. The largest absolute Gasteiger partial charge is 0.478 e. The van der Waals surface area contributed by atoms with Crippen molar-refractivity contribution in [1.82, 2.24) is 0 Å². The monoisotopic (exact) mass is 280 g/mol. The second-order valence-corrected chi connectivity index (χ2v) is 2.19. The second-order valence-electron chi connectivity index (χ2n) is 2.19. The van der Waals surface area contributed by atoms with E-state index in [2.05, 4.69) is 0 Å². The van der Waals surface area contributed by atoms with Gasteiger partial charge in [-0.2, -0.15) is 0 Å². The van der Waals surface area contributed by atoms with Crippen LogP contribution in [0.25, 0.3) is 0 Å². The van der Waals surface area contributed by atoms with E-state index in [1.807, 2.05) is 0 Å². The van der Waals surface area contributed by atoms with Crippen LogP contribution in [0.1, 0.15) is 20.7 Å². The first kappa shape index (κ1) is 15.6. The van der Waals surface area contributed by atoms with E-state index in [4.69, 9.17) is 10.2 Å². The van der Waals surface area contributed by atoms with Crippen LogP contribution in [0.15, 0.2) is 24.3 Å². The number of hydrogen-bond acceptors (Lipinski definition) is 2. The predicted octanol–water partition coefficient (Wildman–Crippen LogP) is 1.08. The summed E-state index contributed by atoms with van der Waals surface area (Å²) in [5, 5.41) is 16.9. The van der Waals surface area contributed by atoms with E-state index in [-0.39, 0.29) is 44.7 Å². The van der Waals surface area contributed by atoms with Crippen molar-refractivity contribution >= 4 is 11.9 Å². The van der Waals surface area contributed by atoms with Gasteiger partial charge >= 0.3 is 11.9 Å². The molecule has 0 amide bonds. The van der Waals surface area contributed by atoms with Crippen LogP contribution in [-0.4, -0.2) is 22.2 Å². The van der Waals surface area contributed by atoms with Crippen molar-refractivity contribution < 1.29 is 53.4 Å². The third-order valence-electron chi connectivity index (χ3n) is 1.38. The molecule has 1 aromatic rings. The van der Waals surface area contributed by atoms with Crippen LogP contribution >= 0.6 is 0 Å². The van der Waals surface area contributed by atoms with Crippen LogP contribution in [0.4, 0.5) is 0 Å². The average molecular weight is 281 g/mol. The molecule has 0 saturated carbocycles. The van der Waals surface area contributed by atoms with Gasteiger partial charge < -0.3 is 10.2 Å². The molecule has 0 aliphatic rings. The maximum atomic E-state index is 10.3. The van der Waals surface area contributed by atoms with Gasteiger partial charge in [0.25, 0.3) is 0 Å². The molecule has 6 heteroatoms. The van der Waals surface area contributed by atoms with E-state index < -0.39 is 11.9 Å². The first-order valence-electron chi connectivity index (χ1n) is 3.18. The van der Waals surface area contributed by atoms with E-state index >= 15 is 0 Å². The van der Waals surface area contributed by atoms with E-state index in [0.717, 1.165) is 0 Å². The van der Waals surface area contributed by atoms with Gasteiger partial charge in [0.2, 0.25) is 0 Å². The Balaban J connectivity index is 0.